The van der Waals surface area contributed by atoms with Crippen LogP contribution in [0.3, 0.4) is 0 Å². The van der Waals surface area contributed by atoms with Crippen LogP contribution < -0.4 is 0 Å². The van der Waals surface area contributed by atoms with Gasteiger partial charge in [-0.25, -0.2) is 0 Å². The van der Waals surface area contributed by atoms with Crippen molar-refractivity contribution in [2.45, 2.75) is 56.8 Å². The number of hydrogen-bond acceptors (Lipinski definition) is 4. The zero-order valence-corrected chi connectivity index (χ0v) is 18.0. The van der Waals surface area contributed by atoms with E-state index in [1.54, 1.807) is 0 Å². The molecule has 6 heteroatoms. The molecule has 1 saturated heterocycles. The van der Waals surface area contributed by atoms with Crippen LogP contribution in [0.15, 0.2) is 15.0 Å². The summed E-state index contributed by atoms with van der Waals surface area (Å²) in [6.45, 7) is 3.43. The molecular formula is C20H24Br2O4. The van der Waals surface area contributed by atoms with Crippen LogP contribution >= 0.6 is 31.9 Å². The van der Waals surface area contributed by atoms with Gasteiger partial charge in [0.15, 0.2) is 5.79 Å². The third-order valence-corrected chi connectivity index (χ3v) is 9.17. The summed E-state index contributed by atoms with van der Waals surface area (Å²) in [6, 6.07) is 2.11. The molecule has 0 aromatic heterocycles. The molecule has 5 rings (SSSR count). The molecule has 4 nitrogen and oxygen atoms in total. The van der Waals surface area contributed by atoms with Crippen LogP contribution in [-0.2, 0) is 15.9 Å². The maximum Gasteiger partial charge on any atom is 0.200 e. The number of phenolic OH excluding ortho intramolecular Hbond substituents is 1. The molecule has 0 bridgehead atoms. The van der Waals surface area contributed by atoms with Gasteiger partial charge < -0.3 is 19.7 Å². The van der Waals surface area contributed by atoms with E-state index in [1.807, 2.05) is 0 Å². The van der Waals surface area contributed by atoms with E-state index < -0.39 is 11.9 Å². The largest absolute Gasteiger partial charge is 0.506 e. The van der Waals surface area contributed by atoms with Gasteiger partial charge in [-0.1, -0.05) is 6.92 Å². The van der Waals surface area contributed by atoms with Gasteiger partial charge in [0.05, 0.1) is 22.2 Å². The highest BCUT2D eigenvalue weighted by Crippen LogP contribution is 2.66. The van der Waals surface area contributed by atoms with Gasteiger partial charge in [-0.2, -0.15) is 0 Å². The molecule has 0 radical (unpaired) electrons. The Hall–Kier alpha value is -0.140. The first-order valence-electron chi connectivity index (χ1n) is 9.55. The van der Waals surface area contributed by atoms with Gasteiger partial charge in [-0.05, 0) is 98.9 Å². The summed E-state index contributed by atoms with van der Waals surface area (Å²) in [6.07, 6.45) is 4.31. The number of aliphatic hydroxyl groups is 1. The van der Waals surface area contributed by atoms with E-state index in [-0.39, 0.29) is 5.41 Å². The lowest BCUT2D eigenvalue weighted by molar-refractivity contribution is -0.270. The number of ether oxygens (including phenoxy) is 2. The van der Waals surface area contributed by atoms with Crippen molar-refractivity contribution in [2.24, 2.45) is 17.3 Å². The number of benzene rings is 1. The van der Waals surface area contributed by atoms with Crippen molar-refractivity contribution in [2.75, 3.05) is 13.2 Å². The van der Waals surface area contributed by atoms with Gasteiger partial charge in [0, 0.05) is 5.41 Å². The fraction of sp³-hybridized carbons (Fsp3) is 0.700. The molecule has 2 N–H and O–H groups in total. The van der Waals surface area contributed by atoms with Gasteiger partial charge in [0.25, 0.3) is 0 Å². The molecular weight excluding hydrogens is 464 g/mol. The molecule has 3 fully saturated rings. The number of rotatable bonds is 0. The average Bonchev–Trinajstić information content (AvgIpc) is 3.20. The smallest absolute Gasteiger partial charge is 0.200 e. The van der Waals surface area contributed by atoms with E-state index in [2.05, 4.69) is 44.8 Å². The third kappa shape index (κ3) is 2.11. The molecule has 0 unspecified atom stereocenters. The first-order chi connectivity index (χ1) is 12.4. The van der Waals surface area contributed by atoms with Gasteiger partial charge in [0.2, 0.25) is 0 Å². The van der Waals surface area contributed by atoms with Crippen LogP contribution in [0.25, 0.3) is 0 Å². The SMILES string of the molecule is C[C@]12CC[C@@H]3c4cc(Br)c(O)c(Br)c4CC[C@H]3[C@@H]1C[C@@H](O)C21OCCO1. The molecule has 1 aliphatic heterocycles. The van der Waals surface area contributed by atoms with Crippen molar-refractivity contribution < 1.29 is 19.7 Å². The van der Waals surface area contributed by atoms with E-state index in [9.17, 15) is 10.2 Å². The molecule has 0 amide bonds. The standard InChI is InChI=1S/C20H24Br2O4/c1-19-5-4-10-11(14(19)9-16(23)20(19)25-6-7-26-20)2-3-12-13(10)8-15(21)18(24)17(12)22/h8,10-11,14,16,23-24H,2-7,9H2,1H3/t10-,11+,14-,16+,19-/m0/s1. The maximum atomic E-state index is 10.9. The van der Waals surface area contributed by atoms with Gasteiger partial charge in [0.1, 0.15) is 11.9 Å². The van der Waals surface area contributed by atoms with Crippen LogP contribution in [0.2, 0.25) is 0 Å². The summed E-state index contributed by atoms with van der Waals surface area (Å²) in [5.41, 5.74) is 2.47. The fourth-order valence-corrected chi connectivity index (χ4v) is 7.90. The van der Waals surface area contributed by atoms with Gasteiger partial charge in [-0.15, -0.1) is 0 Å². The van der Waals surface area contributed by atoms with Gasteiger partial charge in [-0.3, -0.25) is 0 Å². The first-order valence-corrected chi connectivity index (χ1v) is 11.1. The van der Waals surface area contributed by atoms with Gasteiger partial charge >= 0.3 is 0 Å². The monoisotopic (exact) mass is 486 g/mol. The topological polar surface area (TPSA) is 58.9 Å². The van der Waals surface area contributed by atoms with Crippen molar-refractivity contribution in [3.63, 3.8) is 0 Å². The first kappa shape index (κ1) is 17.9. The van der Waals surface area contributed by atoms with Crippen molar-refractivity contribution in [1.29, 1.82) is 0 Å². The van der Waals surface area contributed by atoms with Crippen LogP contribution in [0.5, 0.6) is 5.75 Å². The zero-order valence-electron chi connectivity index (χ0n) is 14.8. The molecule has 1 aromatic rings. The molecule has 26 heavy (non-hydrogen) atoms. The minimum Gasteiger partial charge on any atom is -0.506 e. The summed E-state index contributed by atoms with van der Waals surface area (Å²) >= 11 is 7.11. The molecule has 1 aromatic carbocycles. The molecule has 4 aliphatic rings. The average molecular weight is 488 g/mol. The highest BCUT2D eigenvalue weighted by Gasteiger charge is 2.69. The predicted molar refractivity (Wildman–Crippen MR) is 104 cm³/mol. The molecule has 5 atom stereocenters. The Balaban J connectivity index is 1.56. The summed E-state index contributed by atoms with van der Waals surface area (Å²) in [7, 11) is 0. The second-order valence-electron chi connectivity index (χ2n) is 8.58. The Morgan fingerprint density at radius 2 is 1.92 bits per heavy atom. The van der Waals surface area contributed by atoms with E-state index in [1.165, 1.54) is 11.1 Å². The minimum absolute atomic E-state index is 0.132. The van der Waals surface area contributed by atoms with Crippen LogP contribution in [0, 0.1) is 17.3 Å². The van der Waals surface area contributed by atoms with Crippen LogP contribution in [-0.4, -0.2) is 35.3 Å². The van der Waals surface area contributed by atoms with Crippen molar-refractivity contribution >= 4 is 31.9 Å². The lowest BCUT2D eigenvalue weighted by Crippen LogP contribution is -2.54. The minimum atomic E-state index is -0.807. The van der Waals surface area contributed by atoms with E-state index >= 15 is 0 Å². The van der Waals surface area contributed by atoms with Crippen molar-refractivity contribution in [3.05, 3.63) is 26.1 Å². The Kier molecular flexibility index (Phi) is 4.09. The summed E-state index contributed by atoms with van der Waals surface area (Å²) in [4.78, 5) is 0. The van der Waals surface area contributed by atoms with Crippen LogP contribution in [0.4, 0.5) is 0 Å². The molecule has 142 valence electrons. The van der Waals surface area contributed by atoms with E-state index in [4.69, 9.17) is 9.47 Å². The molecule has 2 saturated carbocycles. The zero-order chi connectivity index (χ0) is 18.3. The highest BCUT2D eigenvalue weighted by atomic mass is 79.9. The number of aliphatic hydroxyl groups excluding tert-OH is 1. The van der Waals surface area contributed by atoms with Crippen molar-refractivity contribution in [1.82, 2.24) is 0 Å². The Bertz CT molecular complexity index is 761. The fourth-order valence-electron chi connectivity index (χ4n) is 6.55. The summed E-state index contributed by atoms with van der Waals surface area (Å²) < 4.78 is 13.7. The number of phenols is 1. The second kappa shape index (κ2) is 5.93. The molecule has 3 aliphatic carbocycles. The highest BCUT2D eigenvalue weighted by molar-refractivity contribution is 9.11. The molecule has 1 heterocycles. The quantitative estimate of drug-likeness (QED) is 0.566. The number of halogens is 2. The van der Waals surface area contributed by atoms with E-state index in [0.29, 0.717) is 36.7 Å². The lowest BCUT2D eigenvalue weighted by Gasteiger charge is -2.52. The summed E-state index contributed by atoms with van der Waals surface area (Å²) in [5, 5.41) is 21.2. The Morgan fingerprint density at radius 1 is 1.19 bits per heavy atom. The molecule has 1 spiro atoms. The third-order valence-electron chi connectivity index (χ3n) is 7.71. The summed E-state index contributed by atoms with van der Waals surface area (Å²) in [5.74, 6) is 0.874. The Morgan fingerprint density at radius 3 is 2.65 bits per heavy atom. The number of hydrogen-bond donors (Lipinski definition) is 2. The second-order valence-corrected chi connectivity index (χ2v) is 10.2. The normalized spacial score (nSPS) is 40.3. The lowest BCUT2D eigenvalue weighted by atomic mass is 9.55. The maximum absolute atomic E-state index is 10.9. The number of fused-ring (bicyclic) bond motifs is 6. The number of aromatic hydroxyl groups is 1. The van der Waals surface area contributed by atoms with E-state index in [0.717, 1.165) is 41.0 Å². The predicted octanol–water partition coefficient (Wildman–Crippen LogP) is 4.49. The van der Waals surface area contributed by atoms with Crippen LogP contribution in [0.1, 0.15) is 49.7 Å². The Labute approximate surface area is 170 Å². The van der Waals surface area contributed by atoms with Crippen molar-refractivity contribution in [3.8, 4) is 5.75 Å².